The number of hydrogen-bond acceptors (Lipinski definition) is 11. The molecule has 15 nitrogen and oxygen atoms in total. The molecule has 38 heavy (non-hydrogen) atoms. The predicted octanol–water partition coefficient (Wildman–Crippen LogP) is 0.363. The molecule has 192 valence electrons. The van der Waals surface area contributed by atoms with E-state index in [1.807, 2.05) is 0 Å². The zero-order valence-corrected chi connectivity index (χ0v) is 19.7. The molecule has 1 aliphatic heterocycles. The topological polar surface area (TPSA) is 166 Å². The van der Waals surface area contributed by atoms with Crippen LogP contribution < -0.4 is 9.64 Å². The quantitative estimate of drug-likeness (QED) is 0.242. The van der Waals surface area contributed by atoms with E-state index in [2.05, 4.69) is 40.6 Å². The van der Waals surface area contributed by atoms with Crippen LogP contribution in [0.2, 0.25) is 0 Å². The first kappa shape index (κ1) is 15.8. The molecule has 1 N–H and O–H groups in total. The predicted molar refractivity (Wildman–Crippen MR) is 132 cm³/mol. The third-order valence-electron chi connectivity index (χ3n) is 5.41. The number of Topliss-reactive ketones (excluding diaryl/α,β-unsaturated/α-hetero) is 1. The summed E-state index contributed by atoms with van der Waals surface area (Å²) in [7, 11) is 1.27. The summed E-state index contributed by atoms with van der Waals surface area (Å²) in [4.78, 5) is 42.5. The minimum atomic E-state index is -3.71. The van der Waals surface area contributed by atoms with Crippen molar-refractivity contribution >= 4 is 28.5 Å². The van der Waals surface area contributed by atoms with E-state index < -0.39 is 49.2 Å². The SMILES string of the molecule is [2H]C1([2H])N(C(=O)C(=O)c2c[nH]c3c(-n4cnc(C)n4)ncc(OC)c23)C([2H])([2H])C([2H])([2H])N(c2nnnn2-c2ccccn2)C1([2H])[2H]. The molecule has 0 aliphatic carbocycles. The van der Waals surface area contributed by atoms with Gasteiger partial charge in [-0.2, -0.15) is 9.78 Å². The molecular weight excluding hydrogens is 492 g/mol. The highest BCUT2D eigenvalue weighted by molar-refractivity contribution is 6.45. The summed E-state index contributed by atoms with van der Waals surface area (Å²) in [6, 6.07) is 4.48. The number of nitrogens with zero attached hydrogens (tertiary/aromatic N) is 11. The smallest absolute Gasteiger partial charge is 0.295 e. The van der Waals surface area contributed by atoms with Crippen LogP contribution in [0, 0.1) is 6.92 Å². The molecule has 0 atom stereocenters. The molecule has 1 amide bonds. The van der Waals surface area contributed by atoms with E-state index in [4.69, 9.17) is 15.7 Å². The number of fused-ring (bicyclic) bond motifs is 1. The van der Waals surface area contributed by atoms with Crippen molar-refractivity contribution in [3.63, 3.8) is 0 Å². The third kappa shape index (κ3) is 3.89. The summed E-state index contributed by atoms with van der Waals surface area (Å²) >= 11 is 0. The van der Waals surface area contributed by atoms with E-state index in [1.54, 1.807) is 13.0 Å². The minimum absolute atomic E-state index is 0.000630. The van der Waals surface area contributed by atoms with Gasteiger partial charge in [0, 0.05) is 38.4 Å². The molecule has 5 aromatic rings. The Bertz CT molecular complexity index is 1970. The second-order valence-electron chi connectivity index (χ2n) is 7.67. The van der Waals surface area contributed by atoms with Crippen LogP contribution in [0.15, 0.2) is 43.1 Å². The molecule has 0 aromatic carbocycles. The van der Waals surface area contributed by atoms with Crippen LogP contribution in [-0.4, -0.2) is 99.6 Å². The molecule has 5 aromatic heterocycles. The Labute approximate surface area is 226 Å². The largest absolute Gasteiger partial charge is 0.494 e. The Morgan fingerprint density at radius 1 is 1.13 bits per heavy atom. The number of anilines is 1. The Morgan fingerprint density at radius 2 is 1.97 bits per heavy atom. The van der Waals surface area contributed by atoms with E-state index in [1.165, 1.54) is 42.6 Å². The number of carbonyl (C=O) groups excluding carboxylic acids is 2. The van der Waals surface area contributed by atoms with Gasteiger partial charge < -0.3 is 19.5 Å². The van der Waals surface area contributed by atoms with Crippen LogP contribution in [0.5, 0.6) is 5.75 Å². The Morgan fingerprint density at radius 3 is 2.68 bits per heavy atom. The van der Waals surface area contributed by atoms with Gasteiger partial charge in [0.05, 0.1) is 40.7 Å². The Hall–Kier alpha value is -5.21. The van der Waals surface area contributed by atoms with Crippen molar-refractivity contribution < 1.29 is 25.3 Å². The fourth-order valence-electron chi connectivity index (χ4n) is 3.68. The first-order valence-electron chi connectivity index (χ1n) is 14.9. The summed E-state index contributed by atoms with van der Waals surface area (Å²) in [6.45, 7) is -13.0. The van der Waals surface area contributed by atoms with E-state index in [-0.39, 0.29) is 38.1 Å². The fourth-order valence-corrected chi connectivity index (χ4v) is 3.68. The summed E-state index contributed by atoms with van der Waals surface area (Å²) in [6.07, 6.45) is 5.03. The number of pyridine rings is 2. The summed E-state index contributed by atoms with van der Waals surface area (Å²) < 4.78 is 77.2. The second-order valence-corrected chi connectivity index (χ2v) is 7.67. The van der Waals surface area contributed by atoms with Crippen molar-refractivity contribution in [2.24, 2.45) is 0 Å². The first-order chi connectivity index (χ1) is 21.6. The molecular formula is C23H22N12O3. The normalized spacial score (nSPS) is 22.2. The summed E-state index contributed by atoms with van der Waals surface area (Å²) in [5.41, 5.74) is -0.255. The molecule has 6 heterocycles. The molecule has 1 aliphatic rings. The van der Waals surface area contributed by atoms with Crippen molar-refractivity contribution in [2.45, 2.75) is 6.92 Å². The van der Waals surface area contributed by atoms with E-state index in [0.29, 0.717) is 5.82 Å². The zero-order valence-electron chi connectivity index (χ0n) is 27.7. The molecule has 0 bridgehead atoms. The number of methoxy groups -OCH3 is 1. The van der Waals surface area contributed by atoms with E-state index >= 15 is 0 Å². The van der Waals surface area contributed by atoms with Gasteiger partial charge in [0.15, 0.2) is 11.6 Å². The van der Waals surface area contributed by atoms with Crippen LogP contribution in [0.1, 0.15) is 27.1 Å². The maximum absolute atomic E-state index is 13.9. The highest BCUT2D eigenvalue weighted by Gasteiger charge is 2.31. The lowest BCUT2D eigenvalue weighted by Gasteiger charge is -2.34. The maximum Gasteiger partial charge on any atom is 0.295 e. The van der Waals surface area contributed by atoms with Crippen LogP contribution in [0.25, 0.3) is 22.5 Å². The Balaban J connectivity index is 1.46. The van der Waals surface area contributed by atoms with E-state index in [9.17, 15) is 9.59 Å². The van der Waals surface area contributed by atoms with Gasteiger partial charge in [0.25, 0.3) is 17.6 Å². The number of carbonyl (C=O) groups is 2. The lowest BCUT2D eigenvalue weighted by Crippen LogP contribution is -2.51. The summed E-state index contributed by atoms with van der Waals surface area (Å²) in [5.74, 6) is -3.59. The van der Waals surface area contributed by atoms with E-state index in [0.717, 1.165) is 10.9 Å². The average molecular weight is 523 g/mol. The molecule has 1 saturated heterocycles. The van der Waals surface area contributed by atoms with Crippen molar-refractivity contribution in [1.29, 1.82) is 0 Å². The van der Waals surface area contributed by atoms with Gasteiger partial charge in [-0.25, -0.2) is 19.6 Å². The first-order valence-corrected chi connectivity index (χ1v) is 10.9. The molecule has 0 spiro atoms. The maximum atomic E-state index is 13.9. The van der Waals surface area contributed by atoms with Crippen LogP contribution in [-0.2, 0) is 4.79 Å². The standard InChI is InChI=1S/C23H22N12O3/c1-14-27-13-34(29-14)21-19-18(16(38-2)12-26-21)15(11-25-19)20(36)22(37)32-7-9-33(10-8-32)23-28-30-31-35(23)17-5-3-4-6-24-17/h3-6,11-13,25H,7-10H2,1-2H3/i7D2,8D2,9D2,10D2. The van der Waals surface area contributed by atoms with Crippen LogP contribution >= 0.6 is 0 Å². The number of nitrogens with one attached hydrogen (secondary N) is 1. The Kier molecular flexibility index (Phi) is 3.89. The zero-order chi connectivity index (χ0) is 33.4. The molecule has 0 saturated carbocycles. The van der Waals surface area contributed by atoms with Gasteiger partial charge in [0.1, 0.15) is 17.9 Å². The number of ketones is 1. The molecule has 0 radical (unpaired) electrons. The molecule has 6 rings (SSSR count). The van der Waals surface area contributed by atoms with Gasteiger partial charge in [0.2, 0.25) is 0 Å². The monoisotopic (exact) mass is 522 g/mol. The van der Waals surface area contributed by atoms with Crippen LogP contribution in [0.4, 0.5) is 5.95 Å². The van der Waals surface area contributed by atoms with Gasteiger partial charge in [-0.15, -0.1) is 0 Å². The molecule has 1 fully saturated rings. The molecule has 0 unspecified atom stereocenters. The van der Waals surface area contributed by atoms with Gasteiger partial charge in [-0.1, -0.05) is 11.2 Å². The van der Waals surface area contributed by atoms with Crippen molar-refractivity contribution in [3.05, 3.63) is 54.5 Å². The highest BCUT2D eigenvalue weighted by Crippen LogP contribution is 2.32. The lowest BCUT2D eigenvalue weighted by atomic mass is 10.1. The number of aromatic amines is 1. The average Bonchev–Trinajstić information content (AvgIpc) is 3.76. The van der Waals surface area contributed by atoms with Gasteiger partial charge >= 0.3 is 0 Å². The van der Waals surface area contributed by atoms with Crippen LogP contribution in [0.3, 0.4) is 0 Å². The van der Waals surface area contributed by atoms with Crippen molar-refractivity contribution in [2.75, 3.05) is 38.0 Å². The number of aryl methyl sites for hydroxylation is 1. The number of tetrazole rings is 1. The number of rotatable bonds is 6. The second kappa shape index (κ2) is 9.34. The number of ether oxygens (including phenoxy) is 1. The number of aromatic nitrogens is 10. The number of piperazine rings is 1. The fraction of sp³-hybridized carbons (Fsp3) is 0.261. The number of hydrogen-bond donors (Lipinski definition) is 1. The highest BCUT2D eigenvalue weighted by atomic mass is 16.5. The third-order valence-corrected chi connectivity index (χ3v) is 5.41. The summed E-state index contributed by atoms with van der Waals surface area (Å²) in [5, 5.41) is 14.9. The van der Waals surface area contributed by atoms with Crippen molar-refractivity contribution in [3.8, 4) is 17.4 Å². The molecule has 15 heteroatoms. The minimum Gasteiger partial charge on any atom is -0.494 e. The number of H-pyrrole nitrogens is 1. The van der Waals surface area contributed by atoms with Gasteiger partial charge in [-0.3, -0.25) is 9.59 Å². The van der Waals surface area contributed by atoms with Crippen molar-refractivity contribution in [1.82, 2.24) is 54.8 Å². The lowest BCUT2D eigenvalue weighted by molar-refractivity contribution is -0.126. The number of amides is 1. The van der Waals surface area contributed by atoms with Gasteiger partial charge in [-0.05, 0) is 29.5 Å².